The fourth-order valence-electron chi connectivity index (χ4n) is 1.95. The van der Waals surface area contributed by atoms with Gasteiger partial charge in [0.15, 0.2) is 0 Å². The van der Waals surface area contributed by atoms with Crippen molar-refractivity contribution in [2.24, 2.45) is 11.7 Å². The second-order valence-corrected chi connectivity index (χ2v) is 5.55. The molecule has 1 rings (SSSR count). The maximum absolute atomic E-state index is 13.5. The van der Waals surface area contributed by atoms with Crippen LogP contribution in [0.4, 0.5) is 4.39 Å². The Bertz CT molecular complexity index is 379. The van der Waals surface area contributed by atoms with Gasteiger partial charge in [0.25, 0.3) is 0 Å². The van der Waals surface area contributed by atoms with Crippen molar-refractivity contribution in [1.82, 2.24) is 0 Å². The first-order valence-corrected chi connectivity index (χ1v) is 7.19. The van der Waals surface area contributed by atoms with Gasteiger partial charge in [0.05, 0.1) is 6.61 Å². The molecular formula is C16H26FNO. The van der Waals surface area contributed by atoms with Crippen molar-refractivity contribution in [3.63, 3.8) is 0 Å². The van der Waals surface area contributed by atoms with Crippen LogP contribution in [0.25, 0.3) is 0 Å². The van der Waals surface area contributed by atoms with Gasteiger partial charge in [-0.05, 0) is 49.3 Å². The van der Waals surface area contributed by atoms with Gasteiger partial charge in [-0.1, -0.05) is 20.8 Å². The third-order valence-corrected chi connectivity index (χ3v) is 3.15. The molecule has 1 aromatic carbocycles. The quantitative estimate of drug-likeness (QED) is 0.724. The van der Waals surface area contributed by atoms with Crippen molar-refractivity contribution in [3.8, 4) is 5.75 Å². The predicted octanol–water partition coefficient (Wildman–Crippen LogP) is 3.92. The zero-order chi connectivity index (χ0) is 14.3. The Kier molecular flexibility index (Phi) is 6.85. The molecule has 0 aliphatic rings. The maximum atomic E-state index is 13.5. The first-order valence-electron chi connectivity index (χ1n) is 7.19. The monoisotopic (exact) mass is 267 g/mol. The third-order valence-electron chi connectivity index (χ3n) is 3.15. The Labute approximate surface area is 116 Å². The Morgan fingerprint density at radius 3 is 2.63 bits per heavy atom. The Balaban J connectivity index is 2.53. The summed E-state index contributed by atoms with van der Waals surface area (Å²) >= 11 is 0. The molecule has 0 aliphatic carbocycles. The lowest BCUT2D eigenvalue weighted by molar-refractivity contribution is 0.296. The lowest BCUT2D eigenvalue weighted by atomic mass is 10.0. The summed E-state index contributed by atoms with van der Waals surface area (Å²) in [6, 6.07) is 4.96. The molecule has 1 aromatic rings. The van der Waals surface area contributed by atoms with Crippen LogP contribution in [0.1, 0.15) is 45.6 Å². The molecule has 2 nitrogen and oxygen atoms in total. The Morgan fingerprint density at radius 1 is 1.26 bits per heavy atom. The van der Waals surface area contributed by atoms with E-state index in [1.807, 2.05) is 13.0 Å². The molecule has 19 heavy (non-hydrogen) atoms. The summed E-state index contributed by atoms with van der Waals surface area (Å²) in [5, 5.41) is 0. The van der Waals surface area contributed by atoms with Crippen LogP contribution in [0.5, 0.6) is 5.75 Å². The summed E-state index contributed by atoms with van der Waals surface area (Å²) in [4.78, 5) is 0. The van der Waals surface area contributed by atoms with E-state index in [1.54, 1.807) is 0 Å². The second kappa shape index (κ2) is 8.16. The molecular weight excluding hydrogens is 241 g/mol. The summed E-state index contributed by atoms with van der Waals surface area (Å²) in [6.07, 6.45) is 3.71. The van der Waals surface area contributed by atoms with Gasteiger partial charge in [0.1, 0.15) is 11.6 Å². The number of hydrogen-bond donors (Lipinski definition) is 1. The summed E-state index contributed by atoms with van der Waals surface area (Å²) in [5.74, 6) is 1.04. The zero-order valence-electron chi connectivity index (χ0n) is 12.3. The van der Waals surface area contributed by atoms with E-state index in [4.69, 9.17) is 10.5 Å². The minimum atomic E-state index is -0.250. The molecule has 0 bridgehead atoms. The SMILES string of the molecule is CCC(N)Cc1cc(F)cc(OCCCC(C)C)c1. The van der Waals surface area contributed by atoms with E-state index >= 15 is 0 Å². The van der Waals surface area contributed by atoms with Crippen molar-refractivity contribution in [1.29, 1.82) is 0 Å². The van der Waals surface area contributed by atoms with E-state index < -0.39 is 0 Å². The minimum Gasteiger partial charge on any atom is -0.493 e. The number of benzene rings is 1. The van der Waals surface area contributed by atoms with E-state index in [0.29, 0.717) is 24.7 Å². The van der Waals surface area contributed by atoms with E-state index in [1.165, 1.54) is 12.1 Å². The highest BCUT2D eigenvalue weighted by molar-refractivity contribution is 5.30. The van der Waals surface area contributed by atoms with E-state index in [9.17, 15) is 4.39 Å². The van der Waals surface area contributed by atoms with E-state index in [0.717, 1.165) is 24.8 Å². The number of nitrogens with two attached hydrogens (primary N) is 1. The fourth-order valence-corrected chi connectivity index (χ4v) is 1.95. The normalized spacial score (nSPS) is 12.7. The number of hydrogen-bond acceptors (Lipinski definition) is 2. The van der Waals surface area contributed by atoms with Gasteiger partial charge in [0, 0.05) is 12.1 Å². The van der Waals surface area contributed by atoms with Gasteiger partial charge < -0.3 is 10.5 Å². The first-order chi connectivity index (χ1) is 9.01. The van der Waals surface area contributed by atoms with Crippen LogP contribution in [-0.2, 0) is 6.42 Å². The van der Waals surface area contributed by atoms with Gasteiger partial charge in [0.2, 0.25) is 0 Å². The molecule has 3 heteroatoms. The Morgan fingerprint density at radius 2 is 2.00 bits per heavy atom. The summed E-state index contributed by atoms with van der Waals surface area (Å²) in [5.41, 5.74) is 6.81. The molecule has 2 N–H and O–H groups in total. The summed E-state index contributed by atoms with van der Waals surface area (Å²) in [7, 11) is 0. The molecule has 0 heterocycles. The van der Waals surface area contributed by atoms with Crippen molar-refractivity contribution >= 4 is 0 Å². The summed E-state index contributed by atoms with van der Waals surface area (Å²) in [6.45, 7) is 7.05. The predicted molar refractivity (Wildman–Crippen MR) is 77.9 cm³/mol. The smallest absolute Gasteiger partial charge is 0.127 e. The van der Waals surface area contributed by atoms with Crippen molar-refractivity contribution in [2.75, 3.05) is 6.61 Å². The van der Waals surface area contributed by atoms with E-state index in [-0.39, 0.29) is 11.9 Å². The second-order valence-electron chi connectivity index (χ2n) is 5.55. The van der Waals surface area contributed by atoms with Crippen LogP contribution in [0.3, 0.4) is 0 Å². The highest BCUT2D eigenvalue weighted by Gasteiger charge is 2.06. The molecule has 0 spiro atoms. The molecule has 0 aromatic heterocycles. The van der Waals surface area contributed by atoms with E-state index in [2.05, 4.69) is 13.8 Å². The molecule has 108 valence electrons. The molecule has 0 aliphatic heterocycles. The number of rotatable bonds is 8. The highest BCUT2D eigenvalue weighted by atomic mass is 19.1. The average molecular weight is 267 g/mol. The fraction of sp³-hybridized carbons (Fsp3) is 0.625. The number of ether oxygens (including phenoxy) is 1. The standard InChI is InChI=1S/C16H26FNO/c1-4-15(18)9-13-8-14(17)11-16(10-13)19-7-5-6-12(2)3/h8,10-12,15H,4-7,9,18H2,1-3H3. The van der Waals surface area contributed by atoms with Crippen LogP contribution in [0.2, 0.25) is 0 Å². The third kappa shape index (κ3) is 6.58. The van der Waals surface area contributed by atoms with Crippen LogP contribution in [-0.4, -0.2) is 12.6 Å². The van der Waals surface area contributed by atoms with Gasteiger partial charge in [-0.25, -0.2) is 4.39 Å². The maximum Gasteiger partial charge on any atom is 0.127 e. The van der Waals surface area contributed by atoms with Gasteiger partial charge in [-0.3, -0.25) is 0 Å². The molecule has 0 saturated heterocycles. The van der Waals surface area contributed by atoms with Crippen LogP contribution >= 0.6 is 0 Å². The van der Waals surface area contributed by atoms with Gasteiger partial charge in [-0.2, -0.15) is 0 Å². The highest BCUT2D eigenvalue weighted by Crippen LogP contribution is 2.18. The topological polar surface area (TPSA) is 35.2 Å². The van der Waals surface area contributed by atoms with Crippen molar-refractivity contribution in [2.45, 2.75) is 52.5 Å². The molecule has 0 radical (unpaired) electrons. The molecule has 0 amide bonds. The molecule has 0 fully saturated rings. The summed E-state index contributed by atoms with van der Waals surface area (Å²) < 4.78 is 19.1. The molecule has 1 unspecified atom stereocenters. The average Bonchev–Trinajstić information content (AvgIpc) is 2.33. The largest absolute Gasteiger partial charge is 0.493 e. The van der Waals surface area contributed by atoms with Gasteiger partial charge in [-0.15, -0.1) is 0 Å². The van der Waals surface area contributed by atoms with Gasteiger partial charge >= 0.3 is 0 Å². The lowest BCUT2D eigenvalue weighted by Gasteiger charge is -2.12. The van der Waals surface area contributed by atoms with Crippen LogP contribution in [0, 0.1) is 11.7 Å². The minimum absolute atomic E-state index is 0.0793. The van der Waals surface area contributed by atoms with Crippen molar-refractivity contribution in [3.05, 3.63) is 29.6 Å². The van der Waals surface area contributed by atoms with Crippen molar-refractivity contribution < 1.29 is 9.13 Å². The van der Waals surface area contributed by atoms with Crippen LogP contribution in [0.15, 0.2) is 18.2 Å². The molecule has 1 atom stereocenters. The first kappa shape index (κ1) is 16.0. The lowest BCUT2D eigenvalue weighted by Crippen LogP contribution is -2.21. The number of halogens is 1. The Hall–Kier alpha value is -1.09. The van der Waals surface area contributed by atoms with Crippen LogP contribution < -0.4 is 10.5 Å². The zero-order valence-corrected chi connectivity index (χ0v) is 12.3. The molecule has 0 saturated carbocycles.